The lowest BCUT2D eigenvalue weighted by Gasteiger charge is -2.35. The lowest BCUT2D eigenvalue weighted by molar-refractivity contribution is 0.0807. The summed E-state index contributed by atoms with van der Waals surface area (Å²) >= 11 is 0. The van der Waals surface area contributed by atoms with E-state index in [4.69, 9.17) is 4.74 Å². The highest BCUT2D eigenvalue weighted by atomic mass is 32.2. The molecule has 3 aromatic rings. The van der Waals surface area contributed by atoms with Gasteiger partial charge in [0.2, 0.25) is 16.0 Å². The predicted molar refractivity (Wildman–Crippen MR) is 132 cm³/mol. The van der Waals surface area contributed by atoms with Gasteiger partial charge in [0.1, 0.15) is 23.1 Å². The summed E-state index contributed by atoms with van der Waals surface area (Å²) in [7, 11) is -4.15. The molecule has 2 aliphatic rings. The van der Waals surface area contributed by atoms with Crippen LogP contribution in [0.5, 0.6) is 6.01 Å². The summed E-state index contributed by atoms with van der Waals surface area (Å²) in [6, 6.07) is 4.21. The maximum Gasteiger partial charge on any atom is 0.317 e. The van der Waals surface area contributed by atoms with Gasteiger partial charge in [0.25, 0.3) is 0 Å². The largest absolute Gasteiger partial charge is 0.460 e. The van der Waals surface area contributed by atoms with Crippen LogP contribution in [0.25, 0.3) is 0 Å². The molecule has 0 spiro atoms. The van der Waals surface area contributed by atoms with Gasteiger partial charge in [0.05, 0.1) is 12.1 Å². The molecule has 0 atom stereocenters. The first-order valence-corrected chi connectivity index (χ1v) is 13.6. The molecular weight excluding hydrogens is 501 g/mol. The zero-order chi connectivity index (χ0) is 26.4. The molecule has 0 radical (unpaired) electrons. The Balaban J connectivity index is 1.17. The first kappa shape index (κ1) is 25.5. The zero-order valence-electron chi connectivity index (χ0n) is 20.8. The van der Waals surface area contributed by atoms with Crippen molar-refractivity contribution in [2.75, 3.05) is 11.9 Å². The second-order valence-electron chi connectivity index (χ2n) is 10.6. The van der Waals surface area contributed by atoms with E-state index >= 15 is 0 Å². The Bertz CT molecular complexity index is 1380. The van der Waals surface area contributed by atoms with E-state index < -0.39 is 32.9 Å². The lowest BCUT2D eigenvalue weighted by atomic mass is 9.78. The number of nitrogens with zero attached hydrogens (tertiary/aromatic N) is 5. The fourth-order valence-corrected chi connectivity index (χ4v) is 5.63. The molecule has 2 heterocycles. The minimum Gasteiger partial charge on any atom is -0.460 e. The molecule has 0 aliphatic heterocycles. The van der Waals surface area contributed by atoms with Gasteiger partial charge in [-0.3, -0.25) is 4.57 Å². The number of benzene rings is 1. The third-order valence-corrected chi connectivity index (χ3v) is 8.60. The lowest BCUT2D eigenvalue weighted by Crippen LogP contribution is -2.46. The Morgan fingerprint density at radius 2 is 1.95 bits per heavy atom. The Kier molecular flexibility index (Phi) is 6.40. The highest BCUT2D eigenvalue weighted by Gasteiger charge is 2.42. The topological polar surface area (TPSA) is 144 Å². The van der Waals surface area contributed by atoms with Gasteiger partial charge in [-0.15, -0.1) is 5.10 Å². The van der Waals surface area contributed by atoms with E-state index in [-0.39, 0.29) is 23.5 Å². The fourth-order valence-electron chi connectivity index (χ4n) is 4.17. The molecule has 3 N–H and O–H groups in total. The normalized spacial score (nSPS) is 20.8. The van der Waals surface area contributed by atoms with E-state index in [9.17, 15) is 17.9 Å². The first-order chi connectivity index (χ1) is 17.5. The molecule has 11 nitrogen and oxygen atoms in total. The average Bonchev–Trinajstić information content (AvgIpc) is 3.37. The molecule has 13 heteroatoms. The van der Waals surface area contributed by atoms with Gasteiger partial charge >= 0.3 is 6.01 Å². The Labute approximate surface area is 214 Å². The van der Waals surface area contributed by atoms with Crippen molar-refractivity contribution < 1.29 is 22.7 Å². The zero-order valence-corrected chi connectivity index (χ0v) is 21.7. The van der Waals surface area contributed by atoms with E-state index in [1.165, 1.54) is 19.9 Å². The van der Waals surface area contributed by atoms with Gasteiger partial charge in [-0.2, -0.15) is 0 Å². The van der Waals surface area contributed by atoms with Crippen LogP contribution in [0.2, 0.25) is 0 Å². The molecule has 2 saturated carbocycles. The summed E-state index contributed by atoms with van der Waals surface area (Å²) in [5.74, 6) is -0.407. The van der Waals surface area contributed by atoms with Crippen LogP contribution < -0.4 is 14.8 Å². The van der Waals surface area contributed by atoms with Crippen molar-refractivity contribution in [1.82, 2.24) is 29.5 Å². The first-order valence-electron chi connectivity index (χ1n) is 12.1. The van der Waals surface area contributed by atoms with Crippen LogP contribution in [0, 0.1) is 5.82 Å². The second kappa shape index (κ2) is 9.30. The second-order valence-corrected chi connectivity index (χ2v) is 12.3. The summed E-state index contributed by atoms with van der Waals surface area (Å²) in [6.07, 6.45) is 9.07. The Morgan fingerprint density at radius 3 is 2.57 bits per heavy atom. The van der Waals surface area contributed by atoms with Crippen molar-refractivity contribution in [3.63, 3.8) is 0 Å². The van der Waals surface area contributed by atoms with Gasteiger partial charge in [-0.1, -0.05) is 5.10 Å². The average molecular weight is 532 g/mol. The summed E-state index contributed by atoms with van der Waals surface area (Å²) in [4.78, 5) is 8.13. The summed E-state index contributed by atoms with van der Waals surface area (Å²) in [5.41, 5.74) is 0.227. The van der Waals surface area contributed by atoms with Crippen LogP contribution in [0.3, 0.4) is 0 Å². The number of nitrogens with one attached hydrogen (secondary N) is 2. The number of hydrogen-bond acceptors (Lipinski definition) is 9. The molecule has 198 valence electrons. The van der Waals surface area contributed by atoms with Gasteiger partial charge in [0.15, 0.2) is 0 Å². The minimum absolute atomic E-state index is 0.0586. The molecule has 2 fully saturated rings. The van der Waals surface area contributed by atoms with Gasteiger partial charge < -0.3 is 15.2 Å². The van der Waals surface area contributed by atoms with Crippen molar-refractivity contribution in [2.24, 2.45) is 0 Å². The molecule has 5 rings (SSSR count). The molecule has 2 aromatic heterocycles. The summed E-state index contributed by atoms with van der Waals surface area (Å²) in [5, 5.41) is 20.3. The Hall–Kier alpha value is -3.16. The number of aromatic nitrogens is 5. The maximum atomic E-state index is 14.6. The van der Waals surface area contributed by atoms with Crippen LogP contribution in [0.15, 0.2) is 41.8 Å². The highest BCUT2D eigenvalue weighted by molar-refractivity contribution is 7.89. The van der Waals surface area contributed by atoms with Crippen molar-refractivity contribution in [2.45, 2.75) is 74.4 Å². The highest BCUT2D eigenvalue weighted by Crippen LogP contribution is 2.45. The van der Waals surface area contributed by atoms with E-state index in [1.807, 2.05) is 4.57 Å². The number of hydrogen-bond donors (Lipinski definition) is 3. The van der Waals surface area contributed by atoms with E-state index in [0.717, 1.165) is 43.4 Å². The minimum atomic E-state index is -4.15. The quantitative estimate of drug-likeness (QED) is 0.360. The molecular formula is C24H30FN7O4S. The van der Waals surface area contributed by atoms with Crippen LogP contribution in [-0.4, -0.2) is 56.5 Å². The number of anilines is 2. The fraction of sp³-hybridized carbons (Fsp3) is 0.500. The molecule has 0 unspecified atom stereocenters. The Morgan fingerprint density at radius 1 is 1.24 bits per heavy atom. The van der Waals surface area contributed by atoms with Gasteiger partial charge in [-0.25, -0.2) is 27.5 Å². The van der Waals surface area contributed by atoms with E-state index in [0.29, 0.717) is 11.7 Å². The van der Waals surface area contributed by atoms with Crippen LogP contribution >= 0.6 is 0 Å². The van der Waals surface area contributed by atoms with Gasteiger partial charge in [0, 0.05) is 23.6 Å². The van der Waals surface area contributed by atoms with Crippen molar-refractivity contribution in [1.29, 1.82) is 0 Å². The predicted octanol–water partition coefficient (Wildman–Crippen LogP) is 2.83. The smallest absolute Gasteiger partial charge is 0.317 e. The SMILES string of the molecule is CC(C)(CO)NS(=O)(=O)c1ccc(Nc2ncc(C3CC(Oc4nncn4C4(C)CC4)C3)cn2)cc1F. The van der Waals surface area contributed by atoms with E-state index in [2.05, 4.69) is 37.1 Å². The standard InChI is InChI=1S/C24H30FN7O4S/c1-23(2,13-33)31-37(34,35)20-5-4-17(10-19(20)25)29-21-26-11-16(12-27-21)15-8-18(9-15)36-22-30-28-14-32(22)24(3)6-7-24/h4-5,10-12,14-15,18,31,33H,6-9,13H2,1-3H3,(H,26,27,29). The maximum absolute atomic E-state index is 14.6. The number of rotatable bonds is 10. The third kappa shape index (κ3) is 5.43. The summed E-state index contributed by atoms with van der Waals surface area (Å²) in [6.45, 7) is 4.73. The summed E-state index contributed by atoms with van der Waals surface area (Å²) < 4.78 is 50.0. The van der Waals surface area contributed by atoms with Crippen LogP contribution in [0.1, 0.15) is 57.9 Å². The molecule has 0 bridgehead atoms. The van der Waals surface area contributed by atoms with E-state index in [1.54, 1.807) is 18.7 Å². The number of sulfonamides is 1. The van der Waals surface area contributed by atoms with Crippen molar-refractivity contribution in [3.8, 4) is 6.01 Å². The van der Waals surface area contributed by atoms with Crippen molar-refractivity contribution >= 4 is 21.7 Å². The third-order valence-electron chi connectivity index (χ3n) is 6.87. The number of ether oxygens (including phenoxy) is 1. The van der Waals surface area contributed by atoms with Crippen LogP contribution in [-0.2, 0) is 15.6 Å². The molecule has 1 aromatic carbocycles. The number of aliphatic hydroxyl groups is 1. The molecule has 37 heavy (non-hydrogen) atoms. The van der Waals surface area contributed by atoms with Gasteiger partial charge in [-0.05, 0) is 76.1 Å². The molecule has 0 saturated heterocycles. The number of halogens is 1. The number of aliphatic hydroxyl groups excluding tert-OH is 1. The van der Waals surface area contributed by atoms with Crippen molar-refractivity contribution in [3.05, 3.63) is 48.3 Å². The molecule has 0 amide bonds. The van der Waals surface area contributed by atoms with Crippen LogP contribution in [0.4, 0.5) is 16.0 Å². The molecule has 2 aliphatic carbocycles. The monoisotopic (exact) mass is 531 g/mol.